The average molecular weight is 517 g/mol. The molecule has 2 bridgehead atoms. The van der Waals surface area contributed by atoms with Gasteiger partial charge in [0, 0.05) is 23.6 Å². The van der Waals surface area contributed by atoms with Crippen LogP contribution in [0, 0.1) is 11.8 Å². The number of carboxylic acids is 1. The van der Waals surface area contributed by atoms with E-state index in [1.807, 2.05) is 0 Å². The van der Waals surface area contributed by atoms with Crippen molar-refractivity contribution in [1.29, 1.82) is 0 Å². The normalized spacial score (nSPS) is 31.8. The van der Waals surface area contributed by atoms with Crippen molar-refractivity contribution in [3.63, 3.8) is 0 Å². The minimum Gasteiger partial charge on any atom is -0.481 e. The Hall–Kier alpha value is -1.80. The molecule has 5 atom stereocenters. The summed E-state index contributed by atoms with van der Waals surface area (Å²) in [6.45, 7) is 0.671. The van der Waals surface area contributed by atoms with Crippen molar-refractivity contribution < 1.29 is 23.8 Å². The van der Waals surface area contributed by atoms with Gasteiger partial charge in [-0.25, -0.2) is 4.98 Å². The average Bonchev–Trinajstić information content (AvgIpc) is 3.68. The summed E-state index contributed by atoms with van der Waals surface area (Å²) in [5.41, 5.74) is 0.344. The number of rotatable bonds is 12. The van der Waals surface area contributed by atoms with Crippen LogP contribution in [0.2, 0.25) is 0 Å². The molecule has 36 heavy (non-hydrogen) atoms. The molecule has 2 saturated heterocycles. The van der Waals surface area contributed by atoms with Gasteiger partial charge >= 0.3 is 5.97 Å². The fourth-order valence-corrected chi connectivity index (χ4v) is 8.09. The monoisotopic (exact) mass is 516 g/mol. The Morgan fingerprint density at radius 3 is 2.75 bits per heavy atom. The van der Waals surface area contributed by atoms with Gasteiger partial charge in [0.1, 0.15) is 6.26 Å². The van der Waals surface area contributed by atoms with E-state index in [9.17, 15) is 14.7 Å². The zero-order valence-corrected chi connectivity index (χ0v) is 22.0. The summed E-state index contributed by atoms with van der Waals surface area (Å²) < 4.78 is 12.1. The van der Waals surface area contributed by atoms with Crippen LogP contribution in [0.1, 0.15) is 112 Å². The number of carbonyl (C=O) groups is 2. The van der Waals surface area contributed by atoms with Gasteiger partial charge < -0.3 is 19.6 Å². The van der Waals surface area contributed by atoms with Gasteiger partial charge in [-0.3, -0.25) is 9.59 Å². The lowest BCUT2D eigenvalue weighted by molar-refractivity contribution is -0.137. The molecule has 0 spiro atoms. The number of aliphatic carboxylic acids is 1. The lowest BCUT2D eigenvalue weighted by Crippen LogP contribution is -2.34. The Kier molecular flexibility index (Phi) is 8.41. The molecule has 1 aliphatic carbocycles. The number of unbranched alkanes of at least 4 members (excludes halogenated alkanes) is 1. The van der Waals surface area contributed by atoms with Crippen molar-refractivity contribution >= 4 is 23.6 Å². The molecule has 0 radical (unpaired) electrons. The number of carboxylic acid groups (broad SMARTS) is 1. The van der Waals surface area contributed by atoms with Gasteiger partial charge in [0.25, 0.3) is 5.91 Å². The van der Waals surface area contributed by atoms with Crippen LogP contribution in [0.3, 0.4) is 0 Å². The van der Waals surface area contributed by atoms with Crippen LogP contribution in [0.25, 0.3) is 0 Å². The van der Waals surface area contributed by atoms with E-state index in [1.165, 1.54) is 44.8 Å². The van der Waals surface area contributed by atoms with E-state index in [0.29, 0.717) is 24.6 Å². The molecule has 4 heterocycles. The number of fused-ring (bicyclic) bond motifs is 2. The summed E-state index contributed by atoms with van der Waals surface area (Å²) in [4.78, 5) is 28.6. The number of hydrogen-bond donors (Lipinski definition) is 2. The predicted molar refractivity (Wildman–Crippen MR) is 139 cm³/mol. The molecule has 1 aromatic rings. The summed E-state index contributed by atoms with van der Waals surface area (Å²) in [5.74, 6) is 0.796. The van der Waals surface area contributed by atoms with E-state index in [1.54, 1.807) is 11.8 Å². The molecule has 198 valence electrons. The van der Waals surface area contributed by atoms with Crippen LogP contribution in [-0.4, -0.2) is 45.5 Å². The number of thioether (sulfide) groups is 1. The lowest BCUT2D eigenvalue weighted by Gasteiger charge is -2.35. The second-order valence-corrected chi connectivity index (χ2v) is 12.7. The van der Waals surface area contributed by atoms with Gasteiger partial charge in [-0.15, -0.1) is 11.8 Å². The highest BCUT2D eigenvalue weighted by molar-refractivity contribution is 8.03. The Bertz CT molecular complexity index is 932. The minimum absolute atomic E-state index is 0.0173. The summed E-state index contributed by atoms with van der Waals surface area (Å²) >= 11 is 1.76. The van der Waals surface area contributed by atoms with Crippen LogP contribution in [0.15, 0.2) is 22.2 Å². The molecule has 3 fully saturated rings. The molecule has 1 unspecified atom stereocenters. The maximum atomic E-state index is 12.7. The van der Waals surface area contributed by atoms with Crippen LogP contribution in [0.5, 0.6) is 0 Å². The van der Waals surface area contributed by atoms with Gasteiger partial charge in [0.15, 0.2) is 5.69 Å². The molecule has 5 rings (SSSR count). The molecule has 2 N–H and O–H groups in total. The number of carbonyl (C=O) groups excluding carboxylic acids is 1. The Labute approximate surface area is 218 Å². The van der Waals surface area contributed by atoms with Crippen molar-refractivity contribution in [2.24, 2.45) is 11.8 Å². The van der Waals surface area contributed by atoms with Crippen molar-refractivity contribution in [1.82, 2.24) is 10.3 Å². The molecule has 1 amide bonds. The van der Waals surface area contributed by atoms with Gasteiger partial charge in [-0.1, -0.05) is 51.0 Å². The molecular formula is C28H40N2O5S. The summed E-state index contributed by atoms with van der Waals surface area (Å²) in [6, 6.07) is 0. The largest absolute Gasteiger partial charge is 0.481 e. The summed E-state index contributed by atoms with van der Waals surface area (Å²) in [5, 5.41) is 14.4. The lowest BCUT2D eigenvalue weighted by atomic mass is 9.73. The minimum atomic E-state index is -0.750. The third-order valence-electron chi connectivity index (χ3n) is 8.82. The second-order valence-electron chi connectivity index (χ2n) is 11.3. The van der Waals surface area contributed by atoms with Crippen molar-refractivity contribution in [2.45, 2.75) is 113 Å². The second kappa shape index (κ2) is 11.7. The molecule has 7 nitrogen and oxygen atoms in total. The summed E-state index contributed by atoms with van der Waals surface area (Å²) in [6.07, 6.45) is 18.7. The maximum Gasteiger partial charge on any atom is 0.303 e. The zero-order valence-electron chi connectivity index (χ0n) is 21.2. The Morgan fingerprint density at radius 1 is 1.14 bits per heavy atom. The zero-order chi connectivity index (χ0) is 25.0. The van der Waals surface area contributed by atoms with E-state index in [0.717, 1.165) is 44.4 Å². The fraction of sp³-hybridized carbons (Fsp3) is 0.750. The third kappa shape index (κ3) is 6.01. The van der Waals surface area contributed by atoms with Crippen molar-refractivity contribution in [3.8, 4) is 0 Å². The fourth-order valence-electron chi connectivity index (χ4n) is 6.91. The standard InChI is InChI=1S/C28H40N2O5S/c31-24(32)12-14-28(13-6-16-36-28)17-20-22-10-11-23(35-22)25(20)27-30-21(18-34-27)26(33)29-15-5-4-9-19-7-2-1-3-8-19/h6,16,18-20,22-23,25H,1-5,7-15,17H2,(H,29,33)(H,31,32)/t20-,22+,23+,25-,28?/m0/s1. The van der Waals surface area contributed by atoms with Gasteiger partial charge in [-0.2, -0.15) is 0 Å². The highest BCUT2D eigenvalue weighted by Gasteiger charge is 2.54. The van der Waals surface area contributed by atoms with Crippen molar-refractivity contribution in [2.75, 3.05) is 6.54 Å². The van der Waals surface area contributed by atoms with Crippen LogP contribution >= 0.6 is 11.8 Å². The Balaban J connectivity index is 1.16. The van der Waals surface area contributed by atoms with Crippen LogP contribution in [-0.2, 0) is 9.53 Å². The highest BCUT2D eigenvalue weighted by atomic mass is 32.2. The molecule has 1 aromatic heterocycles. The van der Waals surface area contributed by atoms with Gasteiger partial charge in [0.05, 0.1) is 18.1 Å². The predicted octanol–water partition coefficient (Wildman–Crippen LogP) is 6.06. The molecule has 4 aliphatic rings. The first-order chi connectivity index (χ1) is 17.5. The highest BCUT2D eigenvalue weighted by Crippen LogP contribution is 2.55. The molecule has 0 aromatic carbocycles. The number of nitrogens with zero attached hydrogens (tertiary/aromatic N) is 1. The number of hydrogen-bond acceptors (Lipinski definition) is 6. The first kappa shape index (κ1) is 25.8. The summed E-state index contributed by atoms with van der Waals surface area (Å²) in [7, 11) is 0. The quantitative estimate of drug-likeness (QED) is 0.326. The number of oxazole rings is 1. The van der Waals surface area contributed by atoms with Crippen LogP contribution in [0.4, 0.5) is 0 Å². The molecule has 3 aliphatic heterocycles. The topological polar surface area (TPSA) is 102 Å². The molecular weight excluding hydrogens is 476 g/mol. The maximum absolute atomic E-state index is 12.7. The number of nitrogens with one attached hydrogen (secondary N) is 1. The first-order valence-corrected chi connectivity index (χ1v) is 14.8. The van der Waals surface area contributed by atoms with E-state index in [4.69, 9.17) is 9.15 Å². The van der Waals surface area contributed by atoms with Crippen LogP contribution < -0.4 is 5.32 Å². The van der Waals surface area contributed by atoms with Gasteiger partial charge in [0.2, 0.25) is 5.89 Å². The Morgan fingerprint density at radius 2 is 1.97 bits per heavy atom. The SMILES string of the molecule is O=C(O)CCC1(C[C@@H]2[C@H](c3nc(C(=O)NCCCCC4CCCCC4)co3)[C@H]3CC[C@H]2O3)CC=CS1. The van der Waals surface area contributed by atoms with Gasteiger partial charge in [-0.05, 0) is 49.9 Å². The van der Waals surface area contributed by atoms with Crippen molar-refractivity contribution in [3.05, 3.63) is 29.3 Å². The van der Waals surface area contributed by atoms with E-state index in [-0.39, 0.29) is 41.1 Å². The number of aromatic nitrogens is 1. The molecule has 8 heteroatoms. The van der Waals surface area contributed by atoms with E-state index >= 15 is 0 Å². The smallest absolute Gasteiger partial charge is 0.303 e. The number of amides is 1. The van der Waals surface area contributed by atoms with E-state index in [2.05, 4.69) is 21.8 Å². The molecule has 1 saturated carbocycles. The van der Waals surface area contributed by atoms with E-state index < -0.39 is 5.97 Å². The third-order valence-corrected chi connectivity index (χ3v) is 10.2. The first-order valence-electron chi connectivity index (χ1n) is 14.0. The number of ether oxygens (including phenoxy) is 1. The number of allylic oxidation sites excluding steroid dienone is 1.